The standard InChI is InChI=1S/C28H20F2O4/c1-3-25(31)33-23-9-5-7-19(17-23)11-13-21-15-16-22(28(30)27(21)29)14-12-20-8-6-10-24(18-20)34-26(32)4-2/h3-18H,1-2H2/b13-11+,14-12+. The molecule has 0 saturated heterocycles. The molecular formula is C28H20F2O4. The molecule has 4 nitrogen and oxygen atoms in total. The number of halogens is 2. The Hall–Kier alpha value is -4.58. The first-order valence-electron chi connectivity index (χ1n) is 10.1. The minimum atomic E-state index is -0.999. The first-order valence-corrected chi connectivity index (χ1v) is 10.1. The van der Waals surface area contributed by atoms with Gasteiger partial charge in [0.05, 0.1) is 0 Å². The summed E-state index contributed by atoms with van der Waals surface area (Å²) in [6, 6.07) is 16.1. The lowest BCUT2D eigenvalue weighted by atomic mass is 10.1. The zero-order valence-corrected chi connectivity index (χ0v) is 18.0. The van der Waals surface area contributed by atoms with Crippen molar-refractivity contribution in [2.75, 3.05) is 0 Å². The van der Waals surface area contributed by atoms with E-state index < -0.39 is 23.6 Å². The maximum atomic E-state index is 14.6. The largest absolute Gasteiger partial charge is 0.423 e. The third-order valence-corrected chi connectivity index (χ3v) is 4.54. The molecule has 170 valence electrons. The van der Waals surface area contributed by atoms with Crippen LogP contribution in [0.15, 0.2) is 86.0 Å². The van der Waals surface area contributed by atoms with Gasteiger partial charge in [-0.15, -0.1) is 0 Å². The molecule has 0 N–H and O–H groups in total. The Morgan fingerprint density at radius 2 is 1.06 bits per heavy atom. The van der Waals surface area contributed by atoms with Crippen molar-refractivity contribution < 1.29 is 27.8 Å². The van der Waals surface area contributed by atoms with Crippen molar-refractivity contribution >= 4 is 36.2 Å². The van der Waals surface area contributed by atoms with E-state index in [4.69, 9.17) is 9.47 Å². The molecule has 34 heavy (non-hydrogen) atoms. The molecule has 0 amide bonds. The van der Waals surface area contributed by atoms with Gasteiger partial charge in [0, 0.05) is 23.3 Å². The summed E-state index contributed by atoms with van der Waals surface area (Å²) in [6.45, 7) is 6.67. The van der Waals surface area contributed by atoms with Crippen LogP contribution in [0.4, 0.5) is 8.78 Å². The lowest BCUT2D eigenvalue weighted by Crippen LogP contribution is -2.02. The van der Waals surface area contributed by atoms with Gasteiger partial charge in [0.15, 0.2) is 11.6 Å². The quantitative estimate of drug-likeness (QED) is 0.168. The average Bonchev–Trinajstić information content (AvgIpc) is 2.84. The van der Waals surface area contributed by atoms with Crippen molar-refractivity contribution in [2.45, 2.75) is 0 Å². The molecule has 0 radical (unpaired) electrons. The fourth-order valence-corrected chi connectivity index (χ4v) is 2.89. The second kappa shape index (κ2) is 11.3. The van der Waals surface area contributed by atoms with Gasteiger partial charge in [-0.1, -0.05) is 73.9 Å². The summed E-state index contributed by atoms with van der Waals surface area (Å²) >= 11 is 0. The van der Waals surface area contributed by atoms with E-state index in [2.05, 4.69) is 13.2 Å². The molecular weight excluding hydrogens is 438 g/mol. The SMILES string of the molecule is C=CC(=O)Oc1cccc(/C=C/c2ccc(/C=C/c3cccc(OC(=O)C=C)c3)c(F)c2F)c1. The van der Waals surface area contributed by atoms with E-state index in [1.165, 1.54) is 24.3 Å². The first kappa shape index (κ1) is 24.1. The fourth-order valence-electron chi connectivity index (χ4n) is 2.89. The predicted molar refractivity (Wildman–Crippen MR) is 129 cm³/mol. The molecule has 3 rings (SSSR count). The Morgan fingerprint density at radius 3 is 1.44 bits per heavy atom. The Bertz CT molecular complexity index is 1210. The van der Waals surface area contributed by atoms with Gasteiger partial charge in [0.25, 0.3) is 0 Å². The Labute approximate surface area is 195 Å². The van der Waals surface area contributed by atoms with E-state index >= 15 is 0 Å². The van der Waals surface area contributed by atoms with E-state index in [0.717, 1.165) is 12.2 Å². The predicted octanol–water partition coefficient (Wildman–Crippen LogP) is 6.49. The minimum Gasteiger partial charge on any atom is -0.423 e. The Balaban J connectivity index is 1.77. The van der Waals surface area contributed by atoms with Crippen LogP contribution in [0.25, 0.3) is 24.3 Å². The van der Waals surface area contributed by atoms with E-state index in [1.807, 2.05) is 0 Å². The van der Waals surface area contributed by atoms with Crippen molar-refractivity contribution in [3.05, 3.63) is 120 Å². The normalized spacial score (nSPS) is 10.9. The van der Waals surface area contributed by atoms with Gasteiger partial charge < -0.3 is 9.47 Å². The van der Waals surface area contributed by atoms with Gasteiger partial charge >= 0.3 is 11.9 Å². The van der Waals surface area contributed by atoms with E-state index in [1.54, 1.807) is 60.7 Å². The maximum absolute atomic E-state index is 14.6. The number of hydrogen-bond donors (Lipinski definition) is 0. The number of benzene rings is 3. The van der Waals surface area contributed by atoms with Crippen molar-refractivity contribution in [1.29, 1.82) is 0 Å². The minimum absolute atomic E-state index is 0.0569. The van der Waals surface area contributed by atoms with Crippen molar-refractivity contribution in [2.24, 2.45) is 0 Å². The number of rotatable bonds is 8. The molecule has 0 spiro atoms. The van der Waals surface area contributed by atoms with Gasteiger partial charge in [-0.05, 0) is 35.4 Å². The summed E-state index contributed by atoms with van der Waals surface area (Å²) in [5.74, 6) is -2.57. The molecule has 0 heterocycles. The zero-order valence-electron chi connectivity index (χ0n) is 18.0. The van der Waals surface area contributed by atoms with Gasteiger partial charge in [0.2, 0.25) is 0 Å². The molecule has 0 unspecified atom stereocenters. The third kappa shape index (κ3) is 6.46. The molecule has 0 aliphatic carbocycles. The van der Waals surface area contributed by atoms with Gasteiger partial charge in [0.1, 0.15) is 11.5 Å². The summed E-state index contributed by atoms with van der Waals surface area (Å²) in [5.41, 5.74) is 1.38. The number of esters is 2. The average molecular weight is 458 g/mol. The fraction of sp³-hybridized carbons (Fsp3) is 0. The van der Waals surface area contributed by atoms with Gasteiger partial charge in [-0.3, -0.25) is 0 Å². The molecule has 6 heteroatoms. The molecule has 0 atom stereocenters. The zero-order chi connectivity index (χ0) is 24.5. The van der Waals surface area contributed by atoms with E-state index in [0.29, 0.717) is 22.6 Å². The van der Waals surface area contributed by atoms with Crippen molar-refractivity contribution in [3.63, 3.8) is 0 Å². The van der Waals surface area contributed by atoms with Crippen LogP contribution in [0, 0.1) is 11.6 Å². The van der Waals surface area contributed by atoms with Crippen LogP contribution in [-0.4, -0.2) is 11.9 Å². The molecule has 0 aliphatic heterocycles. The number of carbonyl (C=O) groups is 2. The highest BCUT2D eigenvalue weighted by Gasteiger charge is 2.10. The van der Waals surface area contributed by atoms with Crippen LogP contribution in [-0.2, 0) is 9.59 Å². The Kier molecular flexibility index (Phi) is 8.02. The number of carbonyl (C=O) groups excluding carboxylic acids is 2. The van der Waals surface area contributed by atoms with Gasteiger partial charge in [-0.25, -0.2) is 18.4 Å². The molecule has 0 aliphatic rings. The molecule has 3 aromatic carbocycles. The van der Waals surface area contributed by atoms with Crippen LogP contribution < -0.4 is 9.47 Å². The second-order valence-corrected chi connectivity index (χ2v) is 6.93. The second-order valence-electron chi connectivity index (χ2n) is 6.93. The Morgan fingerprint density at radius 1 is 0.647 bits per heavy atom. The monoisotopic (exact) mass is 458 g/mol. The van der Waals surface area contributed by atoms with Crippen LogP contribution in [0.5, 0.6) is 11.5 Å². The van der Waals surface area contributed by atoms with Crippen LogP contribution >= 0.6 is 0 Å². The van der Waals surface area contributed by atoms with Crippen LogP contribution in [0.1, 0.15) is 22.3 Å². The lowest BCUT2D eigenvalue weighted by Gasteiger charge is -2.04. The molecule has 3 aromatic rings. The van der Waals surface area contributed by atoms with E-state index in [9.17, 15) is 18.4 Å². The molecule has 0 saturated carbocycles. The van der Waals surface area contributed by atoms with Gasteiger partial charge in [-0.2, -0.15) is 0 Å². The highest BCUT2D eigenvalue weighted by molar-refractivity contribution is 5.84. The summed E-state index contributed by atoms with van der Waals surface area (Å²) in [4.78, 5) is 22.6. The molecule has 0 fully saturated rings. The highest BCUT2D eigenvalue weighted by atomic mass is 19.2. The summed E-state index contributed by atoms with van der Waals surface area (Å²) in [7, 11) is 0. The number of hydrogen-bond acceptors (Lipinski definition) is 4. The smallest absolute Gasteiger partial charge is 0.335 e. The maximum Gasteiger partial charge on any atom is 0.335 e. The highest BCUT2D eigenvalue weighted by Crippen LogP contribution is 2.22. The first-order chi connectivity index (χ1) is 16.4. The third-order valence-electron chi connectivity index (χ3n) is 4.54. The summed E-state index contributed by atoms with van der Waals surface area (Å²) in [5, 5.41) is 0. The summed E-state index contributed by atoms with van der Waals surface area (Å²) in [6.07, 6.45) is 8.11. The van der Waals surface area contributed by atoms with Crippen LogP contribution in [0.2, 0.25) is 0 Å². The molecule has 0 aromatic heterocycles. The topological polar surface area (TPSA) is 52.6 Å². The van der Waals surface area contributed by atoms with Crippen molar-refractivity contribution in [3.8, 4) is 11.5 Å². The lowest BCUT2D eigenvalue weighted by molar-refractivity contribution is -0.129. The van der Waals surface area contributed by atoms with Crippen molar-refractivity contribution in [1.82, 2.24) is 0 Å². The van der Waals surface area contributed by atoms with E-state index in [-0.39, 0.29) is 11.1 Å². The van der Waals surface area contributed by atoms with Crippen LogP contribution in [0.3, 0.4) is 0 Å². The molecule has 0 bridgehead atoms. The number of ether oxygens (including phenoxy) is 2. The summed E-state index contributed by atoms with van der Waals surface area (Å²) < 4.78 is 39.4.